The standard InChI is InChI=1S/C18H15Cl2N3.ClH/c19-11-5-6-16-13(9-11)14(10-17-21-7-8-22-17)18(23-16)12-3-1-2-4-15(12)20;/h1-6,9,23H,7-8,10H2,(H,21,22);1H. The van der Waals surface area contributed by atoms with E-state index in [1.54, 1.807) is 0 Å². The fourth-order valence-corrected chi connectivity index (χ4v) is 3.43. The molecular weight excluding hydrogens is 365 g/mol. The van der Waals surface area contributed by atoms with Gasteiger partial charge < -0.3 is 10.3 Å². The highest BCUT2D eigenvalue weighted by Gasteiger charge is 2.18. The van der Waals surface area contributed by atoms with Crippen LogP contribution in [0, 0.1) is 0 Å². The van der Waals surface area contributed by atoms with Gasteiger partial charge in [0.15, 0.2) is 0 Å². The Morgan fingerprint density at radius 2 is 1.92 bits per heavy atom. The van der Waals surface area contributed by atoms with Gasteiger partial charge in [-0.25, -0.2) is 0 Å². The first-order valence-corrected chi connectivity index (χ1v) is 8.30. The van der Waals surface area contributed by atoms with E-state index in [9.17, 15) is 0 Å². The van der Waals surface area contributed by atoms with Crippen LogP contribution in [0.4, 0.5) is 0 Å². The molecule has 3 nitrogen and oxygen atoms in total. The lowest BCUT2D eigenvalue weighted by molar-refractivity contribution is 0.954. The lowest BCUT2D eigenvalue weighted by atomic mass is 10.0. The number of aromatic amines is 1. The van der Waals surface area contributed by atoms with Crippen LogP contribution < -0.4 is 5.32 Å². The van der Waals surface area contributed by atoms with Crippen molar-refractivity contribution in [2.75, 3.05) is 13.1 Å². The van der Waals surface area contributed by atoms with E-state index in [1.165, 1.54) is 5.56 Å². The largest absolute Gasteiger partial charge is 0.372 e. The summed E-state index contributed by atoms with van der Waals surface area (Å²) in [5.74, 6) is 1.01. The van der Waals surface area contributed by atoms with Gasteiger partial charge in [0.25, 0.3) is 0 Å². The van der Waals surface area contributed by atoms with Crippen LogP contribution in [-0.4, -0.2) is 23.9 Å². The van der Waals surface area contributed by atoms with Crippen LogP contribution in [0.2, 0.25) is 10.0 Å². The number of benzene rings is 2. The van der Waals surface area contributed by atoms with Crippen LogP contribution in [0.1, 0.15) is 5.56 Å². The summed E-state index contributed by atoms with van der Waals surface area (Å²) in [4.78, 5) is 8.02. The van der Waals surface area contributed by atoms with E-state index in [-0.39, 0.29) is 12.4 Å². The Hall–Kier alpha value is -1.68. The van der Waals surface area contributed by atoms with Crippen LogP contribution >= 0.6 is 35.6 Å². The summed E-state index contributed by atoms with van der Waals surface area (Å²) in [6.07, 6.45) is 0.737. The Morgan fingerprint density at radius 1 is 1.08 bits per heavy atom. The van der Waals surface area contributed by atoms with Crippen molar-refractivity contribution in [3.63, 3.8) is 0 Å². The normalized spacial score (nSPS) is 13.5. The number of H-pyrrole nitrogens is 1. The number of halogens is 3. The second-order valence-electron chi connectivity index (χ2n) is 5.58. The first-order chi connectivity index (χ1) is 11.2. The van der Waals surface area contributed by atoms with Crippen LogP contribution in [0.5, 0.6) is 0 Å². The van der Waals surface area contributed by atoms with E-state index >= 15 is 0 Å². The van der Waals surface area contributed by atoms with Gasteiger partial charge in [0.05, 0.1) is 12.2 Å². The molecule has 2 N–H and O–H groups in total. The molecule has 3 aromatic rings. The fourth-order valence-electron chi connectivity index (χ4n) is 3.03. The molecule has 1 aromatic heterocycles. The molecule has 0 unspecified atom stereocenters. The van der Waals surface area contributed by atoms with E-state index in [4.69, 9.17) is 23.2 Å². The monoisotopic (exact) mass is 379 g/mol. The van der Waals surface area contributed by atoms with Crippen molar-refractivity contribution in [2.24, 2.45) is 4.99 Å². The van der Waals surface area contributed by atoms with Crippen molar-refractivity contribution in [2.45, 2.75) is 6.42 Å². The smallest absolute Gasteiger partial charge is 0.101 e. The average molecular weight is 381 g/mol. The molecule has 24 heavy (non-hydrogen) atoms. The number of fused-ring (bicyclic) bond motifs is 1. The molecule has 124 valence electrons. The third kappa shape index (κ3) is 3.12. The molecule has 2 aromatic carbocycles. The Labute approximate surface area is 156 Å². The number of hydrogen-bond acceptors (Lipinski definition) is 2. The molecule has 6 heteroatoms. The Balaban J connectivity index is 0.00000169. The maximum Gasteiger partial charge on any atom is 0.101 e. The highest BCUT2D eigenvalue weighted by atomic mass is 35.5. The summed E-state index contributed by atoms with van der Waals surface area (Å²) in [7, 11) is 0. The molecule has 0 radical (unpaired) electrons. The molecule has 0 saturated heterocycles. The van der Waals surface area contributed by atoms with Crippen LogP contribution in [0.25, 0.3) is 22.2 Å². The number of aliphatic imine (C=N–C) groups is 1. The van der Waals surface area contributed by atoms with Gasteiger partial charge in [0.2, 0.25) is 0 Å². The van der Waals surface area contributed by atoms with E-state index in [0.717, 1.165) is 57.6 Å². The molecule has 0 saturated carbocycles. The SMILES string of the molecule is Cl.Clc1ccc2[nH]c(-c3ccccc3Cl)c(CC3=NCCN3)c2c1. The first-order valence-electron chi connectivity index (χ1n) is 7.54. The predicted molar refractivity (Wildman–Crippen MR) is 105 cm³/mol. The van der Waals surface area contributed by atoms with Crippen LogP contribution in [0.15, 0.2) is 47.5 Å². The summed E-state index contributed by atoms with van der Waals surface area (Å²) in [5.41, 5.74) is 4.25. The minimum atomic E-state index is 0. The third-order valence-electron chi connectivity index (χ3n) is 4.10. The van der Waals surface area contributed by atoms with Crippen LogP contribution in [0.3, 0.4) is 0 Å². The summed E-state index contributed by atoms with van der Waals surface area (Å²) in [6.45, 7) is 1.74. The summed E-state index contributed by atoms with van der Waals surface area (Å²) in [5, 5.41) is 5.91. The van der Waals surface area contributed by atoms with Gasteiger partial charge in [-0.3, -0.25) is 4.99 Å². The van der Waals surface area contributed by atoms with E-state index in [2.05, 4.69) is 15.3 Å². The predicted octanol–water partition coefficient (Wildman–Crippen LogP) is 5.11. The molecule has 0 bridgehead atoms. The molecule has 0 atom stereocenters. The molecule has 2 heterocycles. The molecule has 0 spiro atoms. The van der Waals surface area contributed by atoms with Gasteiger partial charge in [-0.1, -0.05) is 41.4 Å². The quantitative estimate of drug-likeness (QED) is 0.651. The Bertz CT molecular complexity index is 915. The molecule has 4 rings (SSSR count). The van der Waals surface area contributed by atoms with E-state index in [1.807, 2.05) is 42.5 Å². The molecular formula is C18H16Cl3N3. The third-order valence-corrected chi connectivity index (χ3v) is 4.66. The zero-order valence-corrected chi connectivity index (χ0v) is 15.1. The Kier molecular flexibility index (Phi) is 5.04. The van der Waals surface area contributed by atoms with Gasteiger partial charge in [0, 0.05) is 39.5 Å². The van der Waals surface area contributed by atoms with Crippen molar-refractivity contribution >= 4 is 52.3 Å². The van der Waals surface area contributed by atoms with Gasteiger partial charge in [0.1, 0.15) is 5.84 Å². The fraction of sp³-hybridized carbons (Fsp3) is 0.167. The van der Waals surface area contributed by atoms with Gasteiger partial charge in [-0.05, 0) is 29.8 Å². The average Bonchev–Trinajstić information content (AvgIpc) is 3.17. The van der Waals surface area contributed by atoms with Crippen LogP contribution in [-0.2, 0) is 6.42 Å². The van der Waals surface area contributed by atoms with Gasteiger partial charge in [-0.2, -0.15) is 0 Å². The summed E-state index contributed by atoms with van der Waals surface area (Å²) < 4.78 is 0. The van der Waals surface area contributed by atoms with Gasteiger partial charge in [-0.15, -0.1) is 12.4 Å². The second kappa shape index (κ2) is 7.06. The summed E-state index contributed by atoms with van der Waals surface area (Å²) >= 11 is 12.6. The minimum absolute atomic E-state index is 0. The van der Waals surface area contributed by atoms with Crippen molar-refractivity contribution in [3.8, 4) is 11.3 Å². The number of aromatic nitrogens is 1. The number of rotatable bonds is 3. The first kappa shape index (κ1) is 17.2. The topological polar surface area (TPSA) is 40.2 Å². The maximum absolute atomic E-state index is 6.41. The molecule has 0 aliphatic carbocycles. The lowest BCUT2D eigenvalue weighted by Crippen LogP contribution is -2.20. The zero-order chi connectivity index (χ0) is 15.8. The highest BCUT2D eigenvalue weighted by molar-refractivity contribution is 6.33. The van der Waals surface area contributed by atoms with Crippen molar-refractivity contribution < 1.29 is 0 Å². The summed E-state index contributed by atoms with van der Waals surface area (Å²) in [6, 6.07) is 13.8. The number of nitrogens with one attached hydrogen (secondary N) is 2. The molecule has 0 fully saturated rings. The zero-order valence-electron chi connectivity index (χ0n) is 12.8. The maximum atomic E-state index is 6.41. The van der Waals surface area contributed by atoms with E-state index < -0.39 is 0 Å². The highest BCUT2D eigenvalue weighted by Crippen LogP contribution is 2.35. The number of amidine groups is 1. The molecule has 0 amide bonds. The van der Waals surface area contributed by atoms with Crippen molar-refractivity contribution in [1.29, 1.82) is 0 Å². The Morgan fingerprint density at radius 3 is 2.67 bits per heavy atom. The second-order valence-corrected chi connectivity index (χ2v) is 6.42. The lowest BCUT2D eigenvalue weighted by Gasteiger charge is -2.08. The van der Waals surface area contributed by atoms with E-state index in [0.29, 0.717) is 0 Å². The van der Waals surface area contributed by atoms with Gasteiger partial charge >= 0.3 is 0 Å². The number of hydrogen-bond donors (Lipinski definition) is 2. The van der Waals surface area contributed by atoms with Crippen molar-refractivity contribution in [3.05, 3.63) is 58.1 Å². The van der Waals surface area contributed by atoms with Crippen molar-refractivity contribution in [1.82, 2.24) is 10.3 Å². The minimum Gasteiger partial charge on any atom is -0.372 e. The number of nitrogens with zero attached hydrogens (tertiary/aromatic N) is 1. The molecule has 1 aliphatic rings. The molecule has 1 aliphatic heterocycles.